The number of nitrogens with zero attached hydrogens (tertiary/aromatic N) is 4. The fourth-order valence-electron chi connectivity index (χ4n) is 1.15. The van der Waals surface area contributed by atoms with Gasteiger partial charge in [-0.05, 0) is 12.1 Å². The van der Waals surface area contributed by atoms with E-state index in [0.717, 1.165) is 5.82 Å². The molecule has 0 bridgehead atoms. The van der Waals surface area contributed by atoms with Crippen molar-refractivity contribution >= 4 is 5.82 Å². The van der Waals surface area contributed by atoms with Crippen LogP contribution in [0.15, 0.2) is 24.7 Å². The minimum absolute atomic E-state index is 0.223. The molecule has 2 heterocycles. The first kappa shape index (κ1) is 9.57. The number of aryl methyl sites for hydroxylation is 1. The summed E-state index contributed by atoms with van der Waals surface area (Å²) in [7, 11) is 1.83. The third kappa shape index (κ3) is 2.09. The Labute approximate surface area is 86.0 Å². The lowest BCUT2D eigenvalue weighted by Crippen LogP contribution is -2.07. The van der Waals surface area contributed by atoms with Gasteiger partial charge in [0.2, 0.25) is 0 Å². The minimum atomic E-state index is -0.375. The van der Waals surface area contributed by atoms with E-state index >= 15 is 0 Å². The summed E-state index contributed by atoms with van der Waals surface area (Å²) in [6.45, 7) is 0.393. The molecule has 6 heteroatoms. The van der Waals surface area contributed by atoms with Gasteiger partial charge in [0.25, 0.3) is 0 Å². The Balaban J connectivity index is 2.06. The number of hydrogen-bond acceptors (Lipinski definition) is 4. The predicted octanol–water partition coefficient (Wildman–Crippen LogP) is 0.961. The molecule has 2 aromatic heterocycles. The van der Waals surface area contributed by atoms with E-state index in [1.807, 2.05) is 7.05 Å². The topological polar surface area (TPSA) is 55.6 Å². The lowest BCUT2D eigenvalue weighted by atomic mass is 10.4. The van der Waals surface area contributed by atoms with Gasteiger partial charge in [0, 0.05) is 13.2 Å². The molecule has 0 spiro atoms. The first-order valence-corrected chi connectivity index (χ1v) is 4.44. The van der Waals surface area contributed by atoms with Crippen LogP contribution in [0.4, 0.5) is 10.2 Å². The molecule has 5 nitrogen and oxygen atoms in total. The Morgan fingerprint density at radius 1 is 1.53 bits per heavy atom. The van der Waals surface area contributed by atoms with Crippen molar-refractivity contribution in [1.82, 2.24) is 19.7 Å². The summed E-state index contributed by atoms with van der Waals surface area (Å²) >= 11 is 0. The summed E-state index contributed by atoms with van der Waals surface area (Å²) in [5, 5.41) is 10.4. The van der Waals surface area contributed by atoms with E-state index in [4.69, 9.17) is 0 Å². The van der Waals surface area contributed by atoms with Crippen LogP contribution >= 0.6 is 0 Å². The first-order chi connectivity index (χ1) is 7.27. The zero-order valence-electron chi connectivity index (χ0n) is 8.18. The summed E-state index contributed by atoms with van der Waals surface area (Å²) in [6, 6.07) is 2.90. The van der Waals surface area contributed by atoms with Gasteiger partial charge in [0.05, 0.1) is 6.54 Å². The van der Waals surface area contributed by atoms with E-state index in [0.29, 0.717) is 6.54 Å². The Morgan fingerprint density at radius 3 is 3.07 bits per heavy atom. The summed E-state index contributed by atoms with van der Waals surface area (Å²) < 4.78 is 14.9. The lowest BCUT2D eigenvalue weighted by Gasteiger charge is -2.04. The zero-order chi connectivity index (χ0) is 10.7. The molecule has 0 saturated carbocycles. The molecule has 0 radical (unpaired) electrons. The van der Waals surface area contributed by atoms with Crippen molar-refractivity contribution in [2.45, 2.75) is 6.54 Å². The Bertz CT molecular complexity index is 453. The highest BCUT2D eigenvalue weighted by molar-refractivity contribution is 5.35. The largest absolute Gasteiger partial charge is 0.360 e. The fourth-order valence-corrected chi connectivity index (χ4v) is 1.15. The highest BCUT2D eigenvalue weighted by Gasteiger charge is 2.04. The van der Waals surface area contributed by atoms with Gasteiger partial charge in [-0.2, -0.15) is 0 Å². The van der Waals surface area contributed by atoms with Crippen molar-refractivity contribution in [3.8, 4) is 0 Å². The zero-order valence-corrected chi connectivity index (χ0v) is 8.18. The first-order valence-electron chi connectivity index (χ1n) is 4.44. The van der Waals surface area contributed by atoms with E-state index in [9.17, 15) is 4.39 Å². The van der Waals surface area contributed by atoms with Crippen molar-refractivity contribution in [2.75, 3.05) is 5.32 Å². The molecule has 0 aliphatic rings. The van der Waals surface area contributed by atoms with E-state index < -0.39 is 0 Å². The Hall–Kier alpha value is -1.98. The maximum atomic E-state index is 13.2. The average molecular weight is 207 g/mol. The number of pyridine rings is 1. The summed E-state index contributed by atoms with van der Waals surface area (Å²) in [5.74, 6) is 0.570. The van der Waals surface area contributed by atoms with E-state index in [-0.39, 0.29) is 11.6 Å². The van der Waals surface area contributed by atoms with Crippen LogP contribution in [0.5, 0.6) is 0 Å². The van der Waals surface area contributed by atoms with Gasteiger partial charge in [0.1, 0.15) is 6.33 Å². The van der Waals surface area contributed by atoms with Crippen LogP contribution in [-0.2, 0) is 13.6 Å². The van der Waals surface area contributed by atoms with E-state index in [1.165, 1.54) is 12.3 Å². The van der Waals surface area contributed by atoms with E-state index in [1.54, 1.807) is 17.0 Å². The molecule has 2 rings (SSSR count). The molecule has 15 heavy (non-hydrogen) atoms. The normalized spacial score (nSPS) is 10.3. The van der Waals surface area contributed by atoms with Crippen LogP contribution in [0.3, 0.4) is 0 Å². The minimum Gasteiger partial charge on any atom is -0.360 e. The van der Waals surface area contributed by atoms with E-state index in [2.05, 4.69) is 20.5 Å². The van der Waals surface area contributed by atoms with Gasteiger partial charge in [0.15, 0.2) is 17.5 Å². The van der Waals surface area contributed by atoms with Crippen molar-refractivity contribution in [3.05, 3.63) is 36.3 Å². The van der Waals surface area contributed by atoms with Crippen LogP contribution in [0.2, 0.25) is 0 Å². The quantitative estimate of drug-likeness (QED) is 0.814. The number of nitrogens with one attached hydrogen (secondary N) is 1. The molecule has 0 amide bonds. The monoisotopic (exact) mass is 207 g/mol. The molecule has 0 aromatic carbocycles. The van der Waals surface area contributed by atoms with Gasteiger partial charge >= 0.3 is 0 Å². The molecule has 2 aromatic rings. The van der Waals surface area contributed by atoms with Gasteiger partial charge in [-0.25, -0.2) is 9.37 Å². The van der Waals surface area contributed by atoms with Crippen molar-refractivity contribution < 1.29 is 4.39 Å². The maximum absolute atomic E-state index is 13.2. The predicted molar refractivity (Wildman–Crippen MR) is 52.5 cm³/mol. The molecular weight excluding hydrogens is 197 g/mol. The van der Waals surface area contributed by atoms with Crippen LogP contribution in [0.25, 0.3) is 0 Å². The third-order valence-corrected chi connectivity index (χ3v) is 1.98. The summed E-state index contributed by atoms with van der Waals surface area (Å²) in [5.41, 5.74) is 0. The number of rotatable bonds is 3. The molecular formula is C9H10FN5. The van der Waals surface area contributed by atoms with Crippen LogP contribution in [-0.4, -0.2) is 19.7 Å². The highest BCUT2D eigenvalue weighted by Crippen LogP contribution is 2.09. The van der Waals surface area contributed by atoms with Crippen molar-refractivity contribution in [3.63, 3.8) is 0 Å². The molecule has 0 atom stereocenters. The molecule has 1 N–H and O–H groups in total. The van der Waals surface area contributed by atoms with Gasteiger partial charge in [-0.1, -0.05) is 0 Å². The molecule has 0 unspecified atom stereocenters. The second-order valence-corrected chi connectivity index (χ2v) is 3.05. The van der Waals surface area contributed by atoms with Crippen LogP contribution in [0, 0.1) is 5.82 Å². The second kappa shape index (κ2) is 4.04. The third-order valence-electron chi connectivity index (χ3n) is 1.98. The van der Waals surface area contributed by atoms with Gasteiger partial charge < -0.3 is 9.88 Å². The molecule has 0 aliphatic carbocycles. The second-order valence-electron chi connectivity index (χ2n) is 3.05. The van der Waals surface area contributed by atoms with Crippen LogP contribution < -0.4 is 5.32 Å². The van der Waals surface area contributed by atoms with Crippen molar-refractivity contribution in [2.24, 2.45) is 7.05 Å². The average Bonchev–Trinajstić information content (AvgIpc) is 2.63. The fraction of sp³-hybridized carbons (Fsp3) is 0.222. The highest BCUT2D eigenvalue weighted by atomic mass is 19.1. The molecule has 0 aliphatic heterocycles. The number of aromatic nitrogens is 4. The Morgan fingerprint density at radius 2 is 2.40 bits per heavy atom. The molecule has 78 valence electrons. The summed E-state index contributed by atoms with van der Waals surface area (Å²) in [6.07, 6.45) is 3.12. The Kier molecular flexibility index (Phi) is 2.57. The number of anilines is 1. The maximum Gasteiger partial charge on any atom is 0.165 e. The molecule has 0 fully saturated rings. The SMILES string of the molecule is Cn1cnnc1CNc1ncccc1F. The smallest absolute Gasteiger partial charge is 0.165 e. The van der Waals surface area contributed by atoms with Crippen LogP contribution in [0.1, 0.15) is 5.82 Å². The lowest BCUT2D eigenvalue weighted by molar-refractivity contribution is 0.623. The van der Waals surface area contributed by atoms with Gasteiger partial charge in [-0.3, -0.25) is 0 Å². The number of halogens is 1. The summed E-state index contributed by atoms with van der Waals surface area (Å²) in [4.78, 5) is 3.86. The standard InChI is InChI=1S/C9H10FN5/c1-15-6-13-14-8(15)5-12-9-7(10)3-2-4-11-9/h2-4,6H,5H2,1H3,(H,11,12). The number of hydrogen-bond donors (Lipinski definition) is 1. The van der Waals surface area contributed by atoms with Crippen molar-refractivity contribution in [1.29, 1.82) is 0 Å². The van der Waals surface area contributed by atoms with Gasteiger partial charge in [-0.15, -0.1) is 10.2 Å². The molecule has 0 saturated heterocycles.